The van der Waals surface area contributed by atoms with Crippen molar-refractivity contribution in [3.8, 4) is 5.75 Å². The Morgan fingerprint density at radius 3 is 1.85 bits per heavy atom. The fourth-order valence-electron chi connectivity index (χ4n) is 2.21. The van der Waals surface area contributed by atoms with Crippen LogP contribution in [0.15, 0.2) is 43.0 Å². The number of rotatable bonds is 5. The third kappa shape index (κ3) is 3.74. The Hall–Kier alpha value is -2.77. The van der Waals surface area contributed by atoms with Gasteiger partial charge in [-0.3, -0.25) is 0 Å². The first-order chi connectivity index (χ1) is 12.1. The monoisotopic (exact) mass is 376 g/mol. The molecule has 8 heteroatoms. The summed E-state index contributed by atoms with van der Waals surface area (Å²) in [4.78, 5) is 0. The Bertz CT molecular complexity index is 841. The van der Waals surface area contributed by atoms with Crippen molar-refractivity contribution in [2.45, 2.75) is 13.0 Å². The highest BCUT2D eigenvalue weighted by Crippen LogP contribution is 2.37. The molecule has 0 spiro atoms. The van der Waals surface area contributed by atoms with Gasteiger partial charge in [0.1, 0.15) is 22.9 Å². The molecule has 138 valence electrons. The zero-order valence-corrected chi connectivity index (χ0v) is 13.2. The van der Waals surface area contributed by atoms with Crippen molar-refractivity contribution >= 4 is 5.57 Å². The van der Waals surface area contributed by atoms with Gasteiger partial charge in [-0.1, -0.05) is 18.7 Å². The molecule has 2 rings (SSSR count). The maximum atomic E-state index is 14.1. The number of hydrogen-bond donors (Lipinski definition) is 0. The minimum Gasteiger partial charge on any atom is -0.429 e. The normalized spacial score (nSPS) is 12.2. The van der Waals surface area contributed by atoms with Crippen molar-refractivity contribution < 1.29 is 35.5 Å². The van der Waals surface area contributed by atoms with Crippen LogP contribution in [0.4, 0.5) is 30.7 Å². The smallest absolute Gasteiger partial charge is 0.429 e. The predicted octanol–water partition coefficient (Wildman–Crippen LogP) is 6.10. The van der Waals surface area contributed by atoms with E-state index in [1.54, 1.807) is 6.92 Å². The Morgan fingerprint density at radius 2 is 1.42 bits per heavy atom. The van der Waals surface area contributed by atoms with Crippen LogP contribution in [0, 0.1) is 29.1 Å². The van der Waals surface area contributed by atoms with Crippen LogP contribution in [0.1, 0.15) is 18.1 Å². The molecule has 0 bridgehead atoms. The highest BCUT2D eigenvalue weighted by molar-refractivity contribution is 5.73. The molecule has 26 heavy (non-hydrogen) atoms. The average Bonchev–Trinajstić information content (AvgIpc) is 2.52. The highest BCUT2D eigenvalue weighted by atomic mass is 19.3. The van der Waals surface area contributed by atoms with Crippen molar-refractivity contribution in [3.05, 3.63) is 83.2 Å². The van der Waals surface area contributed by atoms with Gasteiger partial charge in [-0.25, -0.2) is 22.0 Å². The molecule has 0 N–H and O–H groups in total. The van der Waals surface area contributed by atoms with Crippen LogP contribution in [-0.4, -0.2) is 0 Å². The zero-order valence-electron chi connectivity index (χ0n) is 13.2. The number of allylic oxidation sites excluding steroid dienone is 3. The van der Waals surface area contributed by atoms with Gasteiger partial charge in [-0.05, 0) is 30.2 Å². The number of ether oxygens (including phenoxy) is 1. The van der Waals surface area contributed by atoms with E-state index in [4.69, 9.17) is 0 Å². The molecule has 0 atom stereocenters. The van der Waals surface area contributed by atoms with Gasteiger partial charge in [0, 0.05) is 12.1 Å². The summed E-state index contributed by atoms with van der Waals surface area (Å²) in [7, 11) is 0. The van der Waals surface area contributed by atoms with Gasteiger partial charge in [-0.2, -0.15) is 8.78 Å². The second-order valence-corrected chi connectivity index (χ2v) is 5.08. The summed E-state index contributed by atoms with van der Waals surface area (Å²) in [5.74, 6) is -9.92. The van der Waals surface area contributed by atoms with E-state index in [-0.39, 0.29) is 17.7 Å². The van der Waals surface area contributed by atoms with E-state index < -0.39 is 46.5 Å². The second-order valence-electron chi connectivity index (χ2n) is 5.08. The Kier molecular flexibility index (Phi) is 5.44. The lowest BCUT2D eigenvalue weighted by molar-refractivity contribution is -0.189. The van der Waals surface area contributed by atoms with Crippen molar-refractivity contribution in [2.24, 2.45) is 0 Å². The molecule has 0 aliphatic carbocycles. The van der Waals surface area contributed by atoms with Crippen LogP contribution in [0.2, 0.25) is 0 Å². The molecule has 0 aliphatic rings. The van der Waals surface area contributed by atoms with E-state index in [0.29, 0.717) is 17.7 Å². The van der Waals surface area contributed by atoms with Gasteiger partial charge in [0.05, 0.1) is 0 Å². The van der Waals surface area contributed by atoms with Gasteiger partial charge < -0.3 is 4.74 Å². The predicted molar refractivity (Wildman–Crippen MR) is 81.0 cm³/mol. The first-order valence-corrected chi connectivity index (χ1v) is 7.10. The SMILES string of the molecule is C=CC(=CC)c1cc(F)c(C(F)(F)Oc2cc(F)c(F)c(F)c2)c(F)c1. The second kappa shape index (κ2) is 7.23. The minimum atomic E-state index is -4.62. The number of halogens is 7. The molecule has 1 nitrogen and oxygen atoms in total. The van der Waals surface area contributed by atoms with Crippen LogP contribution >= 0.6 is 0 Å². The topological polar surface area (TPSA) is 9.23 Å². The maximum absolute atomic E-state index is 14.1. The molecule has 2 aromatic carbocycles. The molecular formula is C18H11F7O. The summed E-state index contributed by atoms with van der Waals surface area (Å²) >= 11 is 0. The Balaban J connectivity index is 2.47. The fraction of sp³-hybridized carbons (Fsp3) is 0.111. The molecule has 0 radical (unpaired) electrons. The highest BCUT2D eigenvalue weighted by Gasteiger charge is 2.41. The fourth-order valence-corrected chi connectivity index (χ4v) is 2.21. The molecule has 2 aromatic rings. The van der Waals surface area contributed by atoms with E-state index in [9.17, 15) is 30.7 Å². The van der Waals surface area contributed by atoms with Crippen molar-refractivity contribution in [1.82, 2.24) is 0 Å². The maximum Gasteiger partial charge on any atom is 0.432 e. The van der Waals surface area contributed by atoms with Crippen LogP contribution in [-0.2, 0) is 6.11 Å². The largest absolute Gasteiger partial charge is 0.432 e. The molecule has 0 aromatic heterocycles. The van der Waals surface area contributed by atoms with E-state index in [0.717, 1.165) is 0 Å². The number of alkyl halides is 2. The van der Waals surface area contributed by atoms with E-state index in [1.165, 1.54) is 12.2 Å². The third-order valence-corrected chi connectivity index (χ3v) is 3.40. The average molecular weight is 376 g/mol. The molecule has 0 aliphatic heterocycles. The Labute approximate surface area is 144 Å². The van der Waals surface area contributed by atoms with Gasteiger partial charge >= 0.3 is 6.11 Å². The molecule has 0 heterocycles. The zero-order chi connectivity index (χ0) is 19.6. The molecular weight excluding hydrogens is 365 g/mol. The van der Waals surface area contributed by atoms with Crippen LogP contribution in [0.25, 0.3) is 5.57 Å². The van der Waals surface area contributed by atoms with Crippen LogP contribution in [0.3, 0.4) is 0 Å². The molecule has 0 amide bonds. The summed E-state index contributed by atoms with van der Waals surface area (Å²) in [6.45, 7) is 4.98. The van der Waals surface area contributed by atoms with E-state index in [2.05, 4.69) is 11.3 Å². The summed E-state index contributed by atoms with van der Waals surface area (Å²) in [5.41, 5.74) is -1.51. The van der Waals surface area contributed by atoms with E-state index in [1.807, 2.05) is 0 Å². The lowest BCUT2D eigenvalue weighted by Crippen LogP contribution is -2.25. The first kappa shape index (κ1) is 19.6. The van der Waals surface area contributed by atoms with Crippen molar-refractivity contribution in [3.63, 3.8) is 0 Å². The first-order valence-electron chi connectivity index (χ1n) is 7.10. The van der Waals surface area contributed by atoms with E-state index >= 15 is 0 Å². The molecule has 0 unspecified atom stereocenters. The molecule has 0 fully saturated rings. The molecule has 0 saturated carbocycles. The summed E-state index contributed by atoms with van der Waals surface area (Å²) in [5, 5.41) is 0. The van der Waals surface area contributed by atoms with Crippen LogP contribution in [0.5, 0.6) is 5.75 Å². The van der Waals surface area contributed by atoms with Crippen molar-refractivity contribution in [2.75, 3.05) is 0 Å². The van der Waals surface area contributed by atoms with Crippen molar-refractivity contribution in [1.29, 1.82) is 0 Å². The summed E-state index contributed by atoms with van der Waals surface area (Å²) in [6, 6.07) is 1.54. The lowest BCUT2D eigenvalue weighted by Gasteiger charge is -2.20. The van der Waals surface area contributed by atoms with Gasteiger partial charge in [0.15, 0.2) is 17.5 Å². The molecule has 0 saturated heterocycles. The number of benzene rings is 2. The van der Waals surface area contributed by atoms with Crippen LogP contribution < -0.4 is 4.74 Å². The minimum absolute atomic E-state index is 0.0454. The lowest BCUT2D eigenvalue weighted by atomic mass is 10.0. The summed E-state index contributed by atoms with van der Waals surface area (Å²) < 4.78 is 99.6. The Morgan fingerprint density at radius 1 is 0.923 bits per heavy atom. The summed E-state index contributed by atoms with van der Waals surface area (Å²) in [6.07, 6.45) is -1.89. The third-order valence-electron chi connectivity index (χ3n) is 3.40. The number of hydrogen-bond acceptors (Lipinski definition) is 1. The standard InChI is InChI=1S/C18H11F7O/c1-3-9(4-2)10-5-12(19)16(13(20)6-10)18(24,25)26-11-7-14(21)17(23)15(22)8-11/h3-8H,1H2,2H3. The van der Waals surface area contributed by atoms with Gasteiger partial charge in [0.2, 0.25) is 0 Å². The van der Waals surface area contributed by atoms with Gasteiger partial charge in [-0.15, -0.1) is 0 Å². The quantitative estimate of drug-likeness (QED) is 0.348. The van der Waals surface area contributed by atoms with Gasteiger partial charge in [0.25, 0.3) is 0 Å².